The van der Waals surface area contributed by atoms with Gasteiger partial charge in [-0.05, 0) is 44.2 Å². The van der Waals surface area contributed by atoms with Gasteiger partial charge in [0.25, 0.3) is 0 Å². The first-order chi connectivity index (χ1) is 12.1. The fourth-order valence-electron chi connectivity index (χ4n) is 3.17. The molecule has 2 aromatic heterocycles. The molecule has 0 atom stereocenters. The van der Waals surface area contributed by atoms with E-state index in [1.54, 1.807) is 18.3 Å². The lowest BCUT2D eigenvalue weighted by Crippen LogP contribution is -2.43. The summed E-state index contributed by atoms with van der Waals surface area (Å²) in [5, 5.41) is 2.84. The van der Waals surface area contributed by atoms with E-state index >= 15 is 0 Å². The highest BCUT2D eigenvalue weighted by atomic mass is 16.2. The molecule has 132 valence electrons. The Balaban J connectivity index is 1.74. The molecule has 2 heterocycles. The van der Waals surface area contributed by atoms with Crippen molar-refractivity contribution in [3.05, 3.63) is 50.7 Å². The third-order valence-corrected chi connectivity index (χ3v) is 4.56. The molecule has 25 heavy (non-hydrogen) atoms. The highest BCUT2D eigenvalue weighted by molar-refractivity contribution is 5.78. The molecule has 0 aliphatic heterocycles. The maximum Gasteiger partial charge on any atom is 0.317 e. The van der Waals surface area contributed by atoms with Gasteiger partial charge >= 0.3 is 11.1 Å². The second-order valence-electron chi connectivity index (χ2n) is 6.31. The smallest absolute Gasteiger partial charge is 0.317 e. The zero-order valence-electron chi connectivity index (χ0n) is 14.3. The molecule has 0 unspecified atom stereocenters. The van der Waals surface area contributed by atoms with Crippen molar-refractivity contribution in [2.24, 2.45) is 7.05 Å². The van der Waals surface area contributed by atoms with Crippen molar-refractivity contribution >= 4 is 17.1 Å². The number of aryl methyl sites for hydroxylation is 1. The van der Waals surface area contributed by atoms with Crippen LogP contribution in [-0.4, -0.2) is 26.6 Å². The quantitative estimate of drug-likeness (QED) is 0.651. The highest BCUT2D eigenvalue weighted by Crippen LogP contribution is 2.19. The van der Waals surface area contributed by atoms with Crippen molar-refractivity contribution < 1.29 is 4.79 Å². The first-order valence-corrected chi connectivity index (χ1v) is 8.57. The van der Waals surface area contributed by atoms with Crippen LogP contribution in [0, 0.1) is 0 Å². The van der Waals surface area contributed by atoms with Gasteiger partial charge in [-0.3, -0.25) is 23.5 Å². The number of rotatable bonds is 5. The predicted octanol–water partition coefficient (Wildman–Crippen LogP) is 1.10. The Morgan fingerprint density at radius 2 is 2.12 bits per heavy atom. The molecular weight excluding hydrogens is 320 g/mol. The van der Waals surface area contributed by atoms with Crippen LogP contribution in [0.15, 0.2) is 39.6 Å². The summed E-state index contributed by atoms with van der Waals surface area (Å²) in [6.07, 6.45) is 9.30. The number of allylic oxidation sites excluding steroid dienone is 1. The van der Waals surface area contributed by atoms with Crippen LogP contribution in [0.2, 0.25) is 0 Å². The van der Waals surface area contributed by atoms with Crippen LogP contribution in [0.5, 0.6) is 0 Å². The molecule has 0 saturated carbocycles. The van der Waals surface area contributed by atoms with Crippen LogP contribution in [-0.2, 0) is 18.4 Å². The van der Waals surface area contributed by atoms with Crippen molar-refractivity contribution in [3.8, 4) is 0 Å². The van der Waals surface area contributed by atoms with E-state index in [-0.39, 0.29) is 12.5 Å². The van der Waals surface area contributed by atoms with Crippen molar-refractivity contribution in [2.45, 2.75) is 38.6 Å². The summed E-state index contributed by atoms with van der Waals surface area (Å²) >= 11 is 0. The SMILES string of the molecule is Cn1c(=O)c(=O)n(CC(=O)NCCC2=CCCCC2)c2cccnc21. The van der Waals surface area contributed by atoms with Gasteiger partial charge < -0.3 is 5.32 Å². The first kappa shape index (κ1) is 17.1. The fourth-order valence-corrected chi connectivity index (χ4v) is 3.17. The topological polar surface area (TPSA) is 86.0 Å². The number of pyridine rings is 1. The third-order valence-electron chi connectivity index (χ3n) is 4.56. The average molecular weight is 342 g/mol. The molecule has 0 saturated heterocycles. The molecule has 1 N–H and O–H groups in total. The molecule has 0 bridgehead atoms. The van der Waals surface area contributed by atoms with Crippen molar-refractivity contribution in [2.75, 3.05) is 6.54 Å². The lowest BCUT2D eigenvalue weighted by Gasteiger charge is -2.14. The summed E-state index contributed by atoms with van der Waals surface area (Å²) < 4.78 is 2.40. The van der Waals surface area contributed by atoms with E-state index in [1.165, 1.54) is 34.6 Å². The van der Waals surface area contributed by atoms with E-state index in [0.717, 1.165) is 19.3 Å². The van der Waals surface area contributed by atoms with Gasteiger partial charge in [-0.1, -0.05) is 11.6 Å². The molecule has 0 aromatic carbocycles. The predicted molar refractivity (Wildman–Crippen MR) is 95.4 cm³/mol. The van der Waals surface area contributed by atoms with Gasteiger partial charge in [0.1, 0.15) is 6.54 Å². The van der Waals surface area contributed by atoms with Gasteiger partial charge in [-0.2, -0.15) is 0 Å². The molecular formula is C18H22N4O3. The number of aromatic nitrogens is 3. The molecule has 7 nitrogen and oxygen atoms in total. The zero-order chi connectivity index (χ0) is 17.8. The molecule has 0 spiro atoms. The van der Waals surface area contributed by atoms with Crippen LogP contribution in [0.25, 0.3) is 11.2 Å². The van der Waals surface area contributed by atoms with Gasteiger partial charge in [0.2, 0.25) is 5.91 Å². The Morgan fingerprint density at radius 3 is 2.88 bits per heavy atom. The standard InChI is InChI=1S/C18H22N4O3/c1-21-16-14(8-5-10-20-16)22(18(25)17(21)24)12-15(23)19-11-9-13-6-3-2-4-7-13/h5-6,8,10H,2-4,7,9,11-12H2,1H3,(H,19,23). The van der Waals surface area contributed by atoms with E-state index in [4.69, 9.17) is 0 Å². The van der Waals surface area contributed by atoms with Crippen LogP contribution >= 0.6 is 0 Å². The Labute approximate surface area is 145 Å². The summed E-state index contributed by atoms with van der Waals surface area (Å²) in [6.45, 7) is 0.358. The fraction of sp³-hybridized carbons (Fsp3) is 0.444. The van der Waals surface area contributed by atoms with Gasteiger partial charge in [-0.15, -0.1) is 0 Å². The monoisotopic (exact) mass is 342 g/mol. The van der Waals surface area contributed by atoms with Crippen LogP contribution < -0.4 is 16.4 Å². The number of fused-ring (bicyclic) bond motifs is 1. The maximum atomic E-state index is 12.3. The Hall–Kier alpha value is -2.70. The normalized spacial score (nSPS) is 14.4. The van der Waals surface area contributed by atoms with E-state index in [2.05, 4.69) is 16.4 Å². The lowest BCUT2D eigenvalue weighted by atomic mass is 9.97. The van der Waals surface area contributed by atoms with Crippen LogP contribution in [0.3, 0.4) is 0 Å². The number of amides is 1. The summed E-state index contributed by atoms with van der Waals surface area (Å²) in [7, 11) is 1.50. The van der Waals surface area contributed by atoms with Crippen LogP contribution in [0.1, 0.15) is 32.1 Å². The highest BCUT2D eigenvalue weighted by Gasteiger charge is 2.14. The van der Waals surface area contributed by atoms with E-state index < -0.39 is 11.1 Å². The van der Waals surface area contributed by atoms with E-state index in [9.17, 15) is 14.4 Å². The Morgan fingerprint density at radius 1 is 1.28 bits per heavy atom. The molecule has 2 aromatic rings. The Kier molecular flexibility index (Phi) is 5.11. The van der Waals surface area contributed by atoms with E-state index in [0.29, 0.717) is 17.7 Å². The van der Waals surface area contributed by atoms with Gasteiger partial charge in [0.15, 0.2) is 5.65 Å². The summed E-state index contributed by atoms with van der Waals surface area (Å²) in [5.41, 5.74) is 0.832. The number of carbonyl (C=O) groups excluding carboxylic acids is 1. The van der Waals surface area contributed by atoms with Crippen molar-refractivity contribution in [1.29, 1.82) is 0 Å². The third kappa shape index (κ3) is 3.70. The number of carbonyl (C=O) groups is 1. The first-order valence-electron chi connectivity index (χ1n) is 8.57. The second-order valence-corrected chi connectivity index (χ2v) is 6.31. The minimum atomic E-state index is -0.715. The van der Waals surface area contributed by atoms with Crippen molar-refractivity contribution in [1.82, 2.24) is 19.4 Å². The van der Waals surface area contributed by atoms with Crippen molar-refractivity contribution in [3.63, 3.8) is 0 Å². The minimum absolute atomic E-state index is 0.184. The minimum Gasteiger partial charge on any atom is -0.354 e. The number of nitrogens with one attached hydrogen (secondary N) is 1. The molecule has 0 radical (unpaired) electrons. The zero-order valence-corrected chi connectivity index (χ0v) is 14.3. The number of hydrogen-bond donors (Lipinski definition) is 1. The number of nitrogens with zero attached hydrogens (tertiary/aromatic N) is 3. The molecule has 1 aliphatic carbocycles. The molecule has 3 rings (SSSR count). The number of hydrogen-bond acceptors (Lipinski definition) is 4. The Bertz CT molecular complexity index is 939. The lowest BCUT2D eigenvalue weighted by molar-refractivity contribution is -0.121. The van der Waals surface area contributed by atoms with Gasteiger partial charge in [0.05, 0.1) is 5.52 Å². The summed E-state index contributed by atoms with van der Waals surface area (Å²) in [4.78, 5) is 40.7. The van der Waals surface area contributed by atoms with E-state index in [1.807, 2.05) is 0 Å². The summed E-state index contributed by atoms with van der Waals surface area (Å²) in [5.74, 6) is -0.281. The molecule has 1 aliphatic rings. The maximum absolute atomic E-state index is 12.3. The van der Waals surface area contributed by atoms with Gasteiger partial charge in [0, 0.05) is 19.8 Å². The molecule has 0 fully saturated rings. The van der Waals surface area contributed by atoms with Crippen LogP contribution in [0.4, 0.5) is 0 Å². The molecule has 7 heteroatoms. The summed E-state index contributed by atoms with van der Waals surface area (Å²) in [6, 6.07) is 3.36. The molecule has 1 amide bonds. The largest absolute Gasteiger partial charge is 0.354 e. The average Bonchev–Trinajstić information content (AvgIpc) is 2.64. The van der Waals surface area contributed by atoms with Gasteiger partial charge in [-0.25, -0.2) is 4.98 Å². The second kappa shape index (κ2) is 7.46.